The Kier molecular flexibility index (Phi) is 1.86. The van der Waals surface area contributed by atoms with Crippen molar-refractivity contribution in [2.45, 2.75) is 12.5 Å². The molecule has 2 aromatic rings. The molecule has 0 N–H and O–H groups in total. The molecule has 3 rings (SSSR count). The van der Waals surface area contributed by atoms with E-state index in [-0.39, 0.29) is 11.7 Å². The quantitative estimate of drug-likeness (QED) is 0.550. The van der Waals surface area contributed by atoms with E-state index in [4.69, 9.17) is 9.15 Å². The minimum atomic E-state index is -0.288. The molecule has 0 aliphatic carbocycles. The lowest BCUT2D eigenvalue weighted by molar-refractivity contribution is 0.407. The average Bonchev–Trinajstić information content (AvgIpc) is 3.01. The number of epoxide rings is 1. The van der Waals surface area contributed by atoms with Gasteiger partial charge in [0.15, 0.2) is 0 Å². The van der Waals surface area contributed by atoms with Crippen LogP contribution in [0.5, 0.6) is 0 Å². The number of ether oxygens (including phenoxy) is 1. The molecule has 3 heteroatoms. The zero-order chi connectivity index (χ0) is 10.3. The Hall–Kier alpha value is -1.61. The molecular formula is C12H10O3. The van der Waals surface area contributed by atoms with Crippen molar-refractivity contribution in [3.05, 3.63) is 46.3 Å². The van der Waals surface area contributed by atoms with Gasteiger partial charge in [-0.05, 0) is 11.6 Å². The first-order chi connectivity index (χ1) is 7.33. The van der Waals surface area contributed by atoms with E-state index in [1.807, 2.05) is 24.3 Å². The SMILES string of the molecule is O=c1cc(CC2CO2)c2ccccc2o1. The second-order valence-electron chi connectivity index (χ2n) is 3.75. The smallest absolute Gasteiger partial charge is 0.336 e. The first-order valence-corrected chi connectivity index (χ1v) is 4.96. The molecule has 0 amide bonds. The third-order valence-corrected chi connectivity index (χ3v) is 2.59. The van der Waals surface area contributed by atoms with E-state index >= 15 is 0 Å². The molecule has 15 heavy (non-hydrogen) atoms. The Labute approximate surface area is 86.3 Å². The van der Waals surface area contributed by atoms with Crippen molar-refractivity contribution >= 4 is 11.0 Å². The molecule has 76 valence electrons. The number of hydrogen-bond acceptors (Lipinski definition) is 3. The molecule has 0 saturated carbocycles. The van der Waals surface area contributed by atoms with E-state index in [9.17, 15) is 4.79 Å². The zero-order valence-electron chi connectivity index (χ0n) is 8.10. The van der Waals surface area contributed by atoms with E-state index in [0.717, 1.165) is 24.0 Å². The first-order valence-electron chi connectivity index (χ1n) is 4.96. The molecule has 1 atom stereocenters. The van der Waals surface area contributed by atoms with Crippen molar-refractivity contribution in [3.63, 3.8) is 0 Å². The fourth-order valence-corrected chi connectivity index (χ4v) is 1.78. The summed E-state index contributed by atoms with van der Waals surface area (Å²) in [6.07, 6.45) is 1.08. The standard InChI is InChI=1S/C12H10O3/c13-12-6-8(5-9-7-14-9)10-3-1-2-4-11(10)15-12/h1-4,6,9H,5,7H2. The van der Waals surface area contributed by atoms with Gasteiger partial charge < -0.3 is 9.15 Å². The predicted molar refractivity (Wildman–Crippen MR) is 55.9 cm³/mol. The fourth-order valence-electron chi connectivity index (χ4n) is 1.78. The highest BCUT2D eigenvalue weighted by Crippen LogP contribution is 2.22. The van der Waals surface area contributed by atoms with Crippen LogP contribution in [0.15, 0.2) is 39.5 Å². The Balaban J connectivity index is 2.20. The van der Waals surface area contributed by atoms with E-state index in [1.165, 1.54) is 0 Å². The van der Waals surface area contributed by atoms with Gasteiger partial charge in [0.05, 0.1) is 12.7 Å². The van der Waals surface area contributed by atoms with Crippen LogP contribution in [0.25, 0.3) is 11.0 Å². The molecule has 1 fully saturated rings. The summed E-state index contributed by atoms with van der Waals surface area (Å²) in [5.41, 5.74) is 1.38. The predicted octanol–water partition coefficient (Wildman–Crippen LogP) is 1.73. The molecule has 0 spiro atoms. The van der Waals surface area contributed by atoms with Crippen molar-refractivity contribution in [1.29, 1.82) is 0 Å². The van der Waals surface area contributed by atoms with Gasteiger partial charge in [-0.25, -0.2) is 4.79 Å². The average molecular weight is 202 g/mol. The molecule has 1 saturated heterocycles. The number of benzene rings is 1. The third-order valence-electron chi connectivity index (χ3n) is 2.59. The second kappa shape index (κ2) is 3.21. The van der Waals surface area contributed by atoms with Gasteiger partial charge in [-0.3, -0.25) is 0 Å². The highest BCUT2D eigenvalue weighted by molar-refractivity contribution is 5.80. The Morgan fingerprint density at radius 1 is 1.33 bits per heavy atom. The van der Waals surface area contributed by atoms with Crippen LogP contribution in [0, 0.1) is 0 Å². The maximum Gasteiger partial charge on any atom is 0.336 e. The van der Waals surface area contributed by atoms with Gasteiger partial charge in [-0.2, -0.15) is 0 Å². The third kappa shape index (κ3) is 1.66. The van der Waals surface area contributed by atoms with Gasteiger partial charge >= 0.3 is 5.63 Å². The summed E-state index contributed by atoms with van der Waals surface area (Å²) in [7, 11) is 0. The summed E-state index contributed by atoms with van der Waals surface area (Å²) in [5, 5.41) is 1.01. The second-order valence-corrected chi connectivity index (χ2v) is 3.75. The molecule has 1 unspecified atom stereocenters. The largest absolute Gasteiger partial charge is 0.423 e. The molecule has 0 radical (unpaired) electrons. The van der Waals surface area contributed by atoms with Crippen molar-refractivity contribution in [3.8, 4) is 0 Å². The van der Waals surface area contributed by atoms with Crippen LogP contribution in [0.2, 0.25) is 0 Å². The van der Waals surface area contributed by atoms with E-state index < -0.39 is 0 Å². The molecule has 1 aliphatic heterocycles. The lowest BCUT2D eigenvalue weighted by Gasteiger charge is -2.02. The summed E-state index contributed by atoms with van der Waals surface area (Å²) < 4.78 is 10.3. The van der Waals surface area contributed by atoms with E-state index in [1.54, 1.807) is 6.07 Å². The van der Waals surface area contributed by atoms with Gasteiger partial charge in [0, 0.05) is 17.9 Å². The minimum Gasteiger partial charge on any atom is -0.423 e. The van der Waals surface area contributed by atoms with Crippen molar-refractivity contribution in [2.24, 2.45) is 0 Å². The molecule has 2 heterocycles. The van der Waals surface area contributed by atoms with Crippen molar-refractivity contribution in [1.82, 2.24) is 0 Å². The highest BCUT2D eigenvalue weighted by Gasteiger charge is 2.23. The Bertz CT molecular complexity index is 552. The molecular weight excluding hydrogens is 192 g/mol. The topological polar surface area (TPSA) is 42.7 Å². The van der Waals surface area contributed by atoms with Gasteiger partial charge in [0.2, 0.25) is 0 Å². The van der Waals surface area contributed by atoms with Crippen LogP contribution in [0.3, 0.4) is 0 Å². The summed E-state index contributed by atoms with van der Waals surface area (Å²) >= 11 is 0. The summed E-state index contributed by atoms with van der Waals surface area (Å²) in [4.78, 5) is 11.3. The number of fused-ring (bicyclic) bond motifs is 1. The van der Waals surface area contributed by atoms with E-state index in [2.05, 4.69) is 0 Å². The normalized spacial score (nSPS) is 19.3. The van der Waals surface area contributed by atoms with Crippen LogP contribution in [0.4, 0.5) is 0 Å². The van der Waals surface area contributed by atoms with Crippen LogP contribution in [-0.4, -0.2) is 12.7 Å². The van der Waals surface area contributed by atoms with Crippen LogP contribution < -0.4 is 5.63 Å². The van der Waals surface area contributed by atoms with Crippen LogP contribution in [-0.2, 0) is 11.2 Å². The maximum atomic E-state index is 11.3. The van der Waals surface area contributed by atoms with Gasteiger partial charge in [0.1, 0.15) is 5.58 Å². The summed E-state index contributed by atoms with van der Waals surface area (Å²) in [6.45, 7) is 0.800. The lowest BCUT2D eigenvalue weighted by Crippen LogP contribution is -2.03. The van der Waals surface area contributed by atoms with Crippen molar-refractivity contribution < 1.29 is 9.15 Å². The number of para-hydroxylation sites is 1. The maximum absolute atomic E-state index is 11.3. The molecule has 1 aromatic heterocycles. The minimum absolute atomic E-state index is 0.287. The van der Waals surface area contributed by atoms with E-state index in [0.29, 0.717) is 5.58 Å². The Morgan fingerprint density at radius 3 is 2.93 bits per heavy atom. The first kappa shape index (κ1) is 8.68. The Morgan fingerprint density at radius 2 is 2.13 bits per heavy atom. The van der Waals surface area contributed by atoms with Gasteiger partial charge in [-0.15, -0.1) is 0 Å². The summed E-state index contributed by atoms with van der Waals surface area (Å²) in [5.74, 6) is 0. The zero-order valence-corrected chi connectivity index (χ0v) is 8.10. The number of hydrogen-bond donors (Lipinski definition) is 0. The lowest BCUT2D eigenvalue weighted by atomic mass is 10.1. The number of rotatable bonds is 2. The van der Waals surface area contributed by atoms with Gasteiger partial charge in [0.25, 0.3) is 0 Å². The molecule has 3 nitrogen and oxygen atoms in total. The molecule has 1 aliphatic rings. The molecule has 0 bridgehead atoms. The summed E-state index contributed by atoms with van der Waals surface area (Å²) in [6, 6.07) is 9.15. The fraction of sp³-hybridized carbons (Fsp3) is 0.250. The van der Waals surface area contributed by atoms with Crippen LogP contribution in [0.1, 0.15) is 5.56 Å². The van der Waals surface area contributed by atoms with Gasteiger partial charge in [-0.1, -0.05) is 18.2 Å². The van der Waals surface area contributed by atoms with Crippen molar-refractivity contribution in [2.75, 3.05) is 6.61 Å². The molecule has 1 aromatic carbocycles. The highest BCUT2D eigenvalue weighted by atomic mass is 16.6. The van der Waals surface area contributed by atoms with Crippen LogP contribution >= 0.6 is 0 Å². The monoisotopic (exact) mass is 202 g/mol.